The molecule has 7 nitrogen and oxygen atoms in total. The summed E-state index contributed by atoms with van der Waals surface area (Å²) in [7, 11) is 1.62. The van der Waals surface area contributed by atoms with Crippen molar-refractivity contribution in [3.8, 4) is 5.75 Å². The average Bonchev–Trinajstić information content (AvgIpc) is 3.00. The molecule has 3 rings (SSSR count). The van der Waals surface area contributed by atoms with Crippen LogP contribution in [-0.4, -0.2) is 66.8 Å². The molecule has 2 amide bonds. The monoisotopic (exact) mass is 466 g/mol. The minimum atomic E-state index is -0.379. The van der Waals surface area contributed by atoms with E-state index in [0.29, 0.717) is 26.2 Å². The van der Waals surface area contributed by atoms with E-state index in [0.717, 1.165) is 23.3 Å². The maximum Gasteiger partial charge on any atom is 0.242 e. The van der Waals surface area contributed by atoms with Gasteiger partial charge in [-0.25, -0.2) is 0 Å². The van der Waals surface area contributed by atoms with E-state index in [-0.39, 0.29) is 42.6 Å². The first-order chi connectivity index (χ1) is 16.4. The van der Waals surface area contributed by atoms with Crippen molar-refractivity contribution in [2.75, 3.05) is 33.3 Å². The SMILES string of the molecule is COc1cccc(COC2CN(CCc3ccccc3)C(=O)CN(C(=O)CC(C)C(C)=O)C2)c1. The number of nitrogens with zero attached hydrogens (tertiary/aromatic N) is 2. The summed E-state index contributed by atoms with van der Waals surface area (Å²) in [5.41, 5.74) is 2.10. The van der Waals surface area contributed by atoms with Gasteiger partial charge in [0.25, 0.3) is 0 Å². The van der Waals surface area contributed by atoms with E-state index in [1.165, 1.54) is 6.92 Å². The van der Waals surface area contributed by atoms with E-state index < -0.39 is 0 Å². The number of carbonyl (C=O) groups excluding carboxylic acids is 3. The number of hydrogen-bond donors (Lipinski definition) is 0. The molecule has 2 unspecified atom stereocenters. The minimum absolute atomic E-state index is 0.00271. The fourth-order valence-corrected chi connectivity index (χ4v) is 3.91. The van der Waals surface area contributed by atoms with Gasteiger partial charge in [0.05, 0.1) is 26.4 Å². The van der Waals surface area contributed by atoms with Crippen molar-refractivity contribution in [3.63, 3.8) is 0 Å². The van der Waals surface area contributed by atoms with E-state index in [1.54, 1.807) is 23.8 Å². The summed E-state index contributed by atoms with van der Waals surface area (Å²) in [4.78, 5) is 41.0. The Morgan fingerprint density at radius 2 is 1.79 bits per heavy atom. The lowest BCUT2D eigenvalue weighted by Crippen LogP contribution is -2.40. The van der Waals surface area contributed by atoms with Crippen molar-refractivity contribution < 1.29 is 23.9 Å². The van der Waals surface area contributed by atoms with E-state index in [9.17, 15) is 14.4 Å². The van der Waals surface area contributed by atoms with Crippen LogP contribution in [0.1, 0.15) is 31.4 Å². The van der Waals surface area contributed by atoms with E-state index in [1.807, 2.05) is 54.6 Å². The molecular weight excluding hydrogens is 432 g/mol. The van der Waals surface area contributed by atoms with Crippen LogP contribution in [0.5, 0.6) is 5.75 Å². The Labute approximate surface area is 201 Å². The van der Waals surface area contributed by atoms with Gasteiger partial charge in [-0.05, 0) is 36.6 Å². The molecule has 1 fully saturated rings. The predicted molar refractivity (Wildman–Crippen MR) is 129 cm³/mol. The molecule has 2 aromatic carbocycles. The van der Waals surface area contributed by atoms with E-state index >= 15 is 0 Å². The molecule has 0 N–H and O–H groups in total. The van der Waals surface area contributed by atoms with Gasteiger partial charge < -0.3 is 19.3 Å². The predicted octanol–water partition coefficient (Wildman–Crippen LogP) is 3.11. The standard InChI is InChI=1S/C27H34N2O5/c1-20(21(2)30)14-26(31)29-17-25(34-19-23-10-7-11-24(15-23)33-3)16-28(27(32)18-29)13-12-22-8-5-4-6-9-22/h4-11,15,20,25H,12-14,16-19H2,1-3H3. The molecule has 34 heavy (non-hydrogen) atoms. The van der Waals surface area contributed by atoms with E-state index in [4.69, 9.17) is 9.47 Å². The third-order valence-corrected chi connectivity index (χ3v) is 6.19. The second kappa shape index (κ2) is 12.3. The van der Waals surface area contributed by atoms with Gasteiger partial charge in [-0.3, -0.25) is 14.4 Å². The lowest BCUT2D eigenvalue weighted by atomic mass is 10.0. The zero-order valence-corrected chi connectivity index (χ0v) is 20.2. The molecule has 7 heteroatoms. The summed E-state index contributed by atoms with van der Waals surface area (Å²) in [6.45, 7) is 4.82. The van der Waals surface area contributed by atoms with Crippen molar-refractivity contribution in [2.24, 2.45) is 5.92 Å². The molecule has 2 aromatic rings. The van der Waals surface area contributed by atoms with Crippen LogP contribution in [0.15, 0.2) is 54.6 Å². The normalized spacial score (nSPS) is 17.3. The molecule has 1 heterocycles. The van der Waals surface area contributed by atoms with Gasteiger partial charge in [0.2, 0.25) is 11.8 Å². The summed E-state index contributed by atoms with van der Waals surface area (Å²) < 4.78 is 11.5. The molecule has 0 aromatic heterocycles. The van der Waals surface area contributed by atoms with Crippen LogP contribution in [0.25, 0.3) is 0 Å². The second-order valence-electron chi connectivity index (χ2n) is 8.85. The minimum Gasteiger partial charge on any atom is -0.497 e. The summed E-state index contributed by atoms with van der Waals surface area (Å²) in [6.07, 6.45) is 0.477. The molecule has 0 saturated carbocycles. The maximum absolute atomic E-state index is 13.1. The Kier molecular flexibility index (Phi) is 9.22. The molecule has 0 spiro atoms. The van der Waals surface area contributed by atoms with Gasteiger partial charge in [0, 0.05) is 32.0 Å². The molecule has 0 radical (unpaired) electrons. The number of amides is 2. The number of ketones is 1. The number of benzene rings is 2. The lowest BCUT2D eigenvalue weighted by molar-refractivity contribution is -0.140. The van der Waals surface area contributed by atoms with Gasteiger partial charge >= 0.3 is 0 Å². The first-order valence-corrected chi connectivity index (χ1v) is 11.7. The van der Waals surface area contributed by atoms with Crippen LogP contribution in [0.4, 0.5) is 0 Å². The summed E-state index contributed by atoms with van der Waals surface area (Å²) in [5, 5.41) is 0. The van der Waals surface area contributed by atoms with Crippen molar-refractivity contribution >= 4 is 17.6 Å². The molecule has 182 valence electrons. The highest BCUT2D eigenvalue weighted by Gasteiger charge is 2.31. The zero-order chi connectivity index (χ0) is 24.5. The van der Waals surface area contributed by atoms with Crippen molar-refractivity contribution in [2.45, 2.75) is 39.4 Å². The van der Waals surface area contributed by atoms with Crippen molar-refractivity contribution in [3.05, 3.63) is 65.7 Å². The zero-order valence-electron chi connectivity index (χ0n) is 20.2. The van der Waals surface area contributed by atoms with Crippen LogP contribution >= 0.6 is 0 Å². The Hall–Kier alpha value is -3.19. The molecule has 2 atom stereocenters. The summed E-state index contributed by atoms with van der Waals surface area (Å²) in [6, 6.07) is 17.6. The topological polar surface area (TPSA) is 76.2 Å². The fraction of sp³-hybridized carbons (Fsp3) is 0.444. The van der Waals surface area contributed by atoms with Crippen LogP contribution < -0.4 is 4.74 Å². The molecule has 0 bridgehead atoms. The highest BCUT2D eigenvalue weighted by atomic mass is 16.5. The van der Waals surface area contributed by atoms with Crippen LogP contribution in [-0.2, 0) is 32.1 Å². The number of carbonyl (C=O) groups is 3. The molecule has 1 saturated heterocycles. The maximum atomic E-state index is 13.1. The molecule has 0 aliphatic carbocycles. The van der Waals surface area contributed by atoms with Crippen LogP contribution in [0.3, 0.4) is 0 Å². The second-order valence-corrected chi connectivity index (χ2v) is 8.85. The fourth-order valence-electron chi connectivity index (χ4n) is 3.91. The Morgan fingerprint density at radius 1 is 1.06 bits per heavy atom. The van der Waals surface area contributed by atoms with Gasteiger partial charge in [-0.2, -0.15) is 0 Å². The number of methoxy groups -OCH3 is 1. The molecule has 1 aliphatic rings. The first kappa shape index (κ1) is 25.4. The number of ether oxygens (including phenoxy) is 2. The van der Waals surface area contributed by atoms with Gasteiger partial charge in [-0.1, -0.05) is 49.4 Å². The first-order valence-electron chi connectivity index (χ1n) is 11.7. The highest BCUT2D eigenvalue weighted by molar-refractivity contribution is 5.88. The van der Waals surface area contributed by atoms with Gasteiger partial charge in [-0.15, -0.1) is 0 Å². The summed E-state index contributed by atoms with van der Waals surface area (Å²) >= 11 is 0. The van der Waals surface area contributed by atoms with Crippen LogP contribution in [0.2, 0.25) is 0 Å². The van der Waals surface area contributed by atoms with Gasteiger partial charge in [0.15, 0.2) is 0 Å². The average molecular weight is 467 g/mol. The van der Waals surface area contributed by atoms with Crippen LogP contribution in [0, 0.1) is 5.92 Å². The smallest absolute Gasteiger partial charge is 0.242 e. The largest absolute Gasteiger partial charge is 0.497 e. The highest BCUT2D eigenvalue weighted by Crippen LogP contribution is 2.17. The van der Waals surface area contributed by atoms with Crippen molar-refractivity contribution in [1.29, 1.82) is 0 Å². The number of hydrogen-bond acceptors (Lipinski definition) is 5. The third-order valence-electron chi connectivity index (χ3n) is 6.19. The Balaban J connectivity index is 1.71. The van der Waals surface area contributed by atoms with Gasteiger partial charge in [0.1, 0.15) is 11.5 Å². The molecule has 1 aliphatic heterocycles. The Morgan fingerprint density at radius 3 is 2.50 bits per heavy atom. The Bertz CT molecular complexity index is 978. The molecular formula is C27H34N2O5. The van der Waals surface area contributed by atoms with E-state index in [2.05, 4.69) is 0 Å². The number of rotatable bonds is 10. The number of Topliss-reactive ketones (excluding diaryl/α,β-unsaturated/α-hetero) is 1. The van der Waals surface area contributed by atoms with Crippen molar-refractivity contribution in [1.82, 2.24) is 9.80 Å². The summed E-state index contributed by atoms with van der Waals surface area (Å²) in [5.74, 6) is 0.0286. The third kappa shape index (κ3) is 7.42. The lowest BCUT2D eigenvalue weighted by Gasteiger charge is -2.25. The quantitative estimate of drug-likeness (QED) is 0.538.